The van der Waals surface area contributed by atoms with Gasteiger partial charge in [-0.3, -0.25) is 4.79 Å². The molecule has 0 bridgehead atoms. The molecular weight excluding hydrogens is 336 g/mol. The lowest BCUT2D eigenvalue weighted by molar-refractivity contribution is 0.00704. The molecule has 3 heteroatoms. The van der Waals surface area contributed by atoms with Crippen LogP contribution in [-0.4, -0.2) is 17.9 Å². The molecule has 3 nitrogen and oxygen atoms in total. The summed E-state index contributed by atoms with van der Waals surface area (Å²) in [7, 11) is 0. The Bertz CT molecular complexity index is 966. The summed E-state index contributed by atoms with van der Waals surface area (Å²) in [5.41, 5.74) is 3.88. The smallest absolute Gasteiger partial charge is 0.339 e. The summed E-state index contributed by atoms with van der Waals surface area (Å²) in [4.78, 5) is 24.3. The number of benzene rings is 3. The summed E-state index contributed by atoms with van der Waals surface area (Å²) in [6.45, 7) is 5.52. The number of rotatable bonds is 4. The minimum atomic E-state index is -0.574. The van der Waals surface area contributed by atoms with Crippen molar-refractivity contribution in [2.24, 2.45) is 0 Å². The van der Waals surface area contributed by atoms with Crippen LogP contribution >= 0.6 is 0 Å². The molecule has 3 aromatic carbocycles. The minimum absolute atomic E-state index is 0.377. The standard InChI is InChI=1S/C24H22O3/c1-24(2,3)27-23(26)22-12-8-7-11-21(22)18-13-14-20(19(15-18)16-25)17-9-5-4-6-10-17/h4-16H,1-3H3. The fraction of sp³-hybridized carbons (Fsp3) is 0.167. The van der Waals surface area contributed by atoms with Crippen LogP contribution < -0.4 is 0 Å². The van der Waals surface area contributed by atoms with E-state index in [4.69, 9.17) is 4.74 Å². The highest BCUT2D eigenvalue weighted by molar-refractivity contribution is 5.99. The highest BCUT2D eigenvalue weighted by atomic mass is 16.6. The first-order valence-corrected chi connectivity index (χ1v) is 8.86. The van der Waals surface area contributed by atoms with Gasteiger partial charge in [-0.05, 0) is 55.2 Å². The number of hydrogen-bond donors (Lipinski definition) is 0. The van der Waals surface area contributed by atoms with Crippen molar-refractivity contribution < 1.29 is 14.3 Å². The van der Waals surface area contributed by atoms with Gasteiger partial charge in [0.15, 0.2) is 6.29 Å². The molecule has 0 heterocycles. The van der Waals surface area contributed by atoms with Crippen LogP contribution in [0.1, 0.15) is 41.5 Å². The Labute approximate surface area is 159 Å². The van der Waals surface area contributed by atoms with Gasteiger partial charge >= 0.3 is 5.97 Å². The Morgan fingerprint density at radius 1 is 0.815 bits per heavy atom. The van der Waals surface area contributed by atoms with Gasteiger partial charge in [0, 0.05) is 5.56 Å². The van der Waals surface area contributed by atoms with Crippen molar-refractivity contribution in [1.29, 1.82) is 0 Å². The van der Waals surface area contributed by atoms with Gasteiger partial charge in [0.2, 0.25) is 0 Å². The molecule has 0 aliphatic rings. The van der Waals surface area contributed by atoms with E-state index in [9.17, 15) is 9.59 Å². The van der Waals surface area contributed by atoms with Crippen LogP contribution in [0.2, 0.25) is 0 Å². The van der Waals surface area contributed by atoms with E-state index < -0.39 is 5.60 Å². The molecule has 0 radical (unpaired) electrons. The van der Waals surface area contributed by atoms with E-state index in [1.54, 1.807) is 6.07 Å². The zero-order valence-corrected chi connectivity index (χ0v) is 15.7. The van der Waals surface area contributed by atoms with Crippen molar-refractivity contribution in [3.05, 3.63) is 83.9 Å². The van der Waals surface area contributed by atoms with E-state index in [0.717, 1.165) is 28.5 Å². The zero-order chi connectivity index (χ0) is 19.4. The van der Waals surface area contributed by atoms with Crippen LogP contribution in [0.5, 0.6) is 0 Å². The summed E-state index contributed by atoms with van der Waals surface area (Å²) in [6.07, 6.45) is 0.849. The summed E-state index contributed by atoms with van der Waals surface area (Å²) in [5.74, 6) is -0.377. The monoisotopic (exact) mass is 358 g/mol. The molecule has 0 aromatic heterocycles. The van der Waals surface area contributed by atoms with Gasteiger partial charge in [-0.2, -0.15) is 0 Å². The molecule has 0 spiro atoms. The lowest BCUT2D eigenvalue weighted by Crippen LogP contribution is -2.24. The molecule has 0 unspecified atom stereocenters. The summed E-state index contributed by atoms with van der Waals surface area (Å²) < 4.78 is 5.53. The molecule has 0 saturated carbocycles. The van der Waals surface area contributed by atoms with E-state index in [0.29, 0.717) is 11.1 Å². The van der Waals surface area contributed by atoms with Crippen molar-refractivity contribution in [2.45, 2.75) is 26.4 Å². The van der Waals surface area contributed by atoms with Crippen LogP contribution in [0.3, 0.4) is 0 Å². The van der Waals surface area contributed by atoms with Crippen molar-refractivity contribution in [3.8, 4) is 22.3 Å². The third-order valence-corrected chi connectivity index (χ3v) is 4.12. The van der Waals surface area contributed by atoms with Crippen LogP contribution in [0.4, 0.5) is 0 Å². The predicted molar refractivity (Wildman–Crippen MR) is 108 cm³/mol. The maximum atomic E-state index is 12.6. The van der Waals surface area contributed by atoms with Gasteiger partial charge in [-0.25, -0.2) is 4.79 Å². The Kier molecular flexibility index (Phi) is 5.22. The molecule has 136 valence electrons. The van der Waals surface area contributed by atoms with Crippen LogP contribution in [-0.2, 0) is 4.74 Å². The second-order valence-corrected chi connectivity index (χ2v) is 7.33. The second kappa shape index (κ2) is 7.58. The lowest BCUT2D eigenvalue weighted by Gasteiger charge is -2.20. The average Bonchev–Trinajstić information content (AvgIpc) is 2.67. The van der Waals surface area contributed by atoms with Crippen molar-refractivity contribution in [3.63, 3.8) is 0 Å². The van der Waals surface area contributed by atoms with Crippen LogP contribution in [0.25, 0.3) is 22.3 Å². The quantitative estimate of drug-likeness (QED) is 0.438. The van der Waals surface area contributed by atoms with Gasteiger partial charge < -0.3 is 4.74 Å². The van der Waals surface area contributed by atoms with E-state index in [1.807, 2.05) is 87.5 Å². The van der Waals surface area contributed by atoms with Crippen molar-refractivity contribution >= 4 is 12.3 Å². The first-order chi connectivity index (χ1) is 12.9. The van der Waals surface area contributed by atoms with Crippen LogP contribution in [0.15, 0.2) is 72.8 Å². The Morgan fingerprint density at radius 2 is 1.48 bits per heavy atom. The highest BCUT2D eigenvalue weighted by Crippen LogP contribution is 2.30. The summed E-state index contributed by atoms with van der Waals surface area (Å²) >= 11 is 0. The summed E-state index contributed by atoms with van der Waals surface area (Å²) in [6, 6.07) is 22.7. The maximum Gasteiger partial charge on any atom is 0.339 e. The lowest BCUT2D eigenvalue weighted by atomic mass is 9.93. The maximum absolute atomic E-state index is 12.6. The Balaban J connectivity index is 2.05. The molecule has 0 N–H and O–H groups in total. The topological polar surface area (TPSA) is 43.4 Å². The zero-order valence-electron chi connectivity index (χ0n) is 15.7. The fourth-order valence-electron chi connectivity index (χ4n) is 2.95. The Hall–Kier alpha value is -3.20. The van der Waals surface area contributed by atoms with Gasteiger partial charge in [0.1, 0.15) is 5.60 Å². The van der Waals surface area contributed by atoms with Crippen molar-refractivity contribution in [2.75, 3.05) is 0 Å². The van der Waals surface area contributed by atoms with Gasteiger partial charge in [0.05, 0.1) is 5.56 Å². The van der Waals surface area contributed by atoms with E-state index >= 15 is 0 Å². The molecule has 27 heavy (non-hydrogen) atoms. The van der Waals surface area contributed by atoms with Gasteiger partial charge in [-0.15, -0.1) is 0 Å². The third kappa shape index (κ3) is 4.32. The molecule has 0 saturated heterocycles. The number of hydrogen-bond acceptors (Lipinski definition) is 3. The molecule has 0 fully saturated rings. The van der Waals surface area contributed by atoms with Crippen molar-refractivity contribution in [1.82, 2.24) is 0 Å². The molecule has 0 aliphatic heterocycles. The van der Waals surface area contributed by atoms with E-state index in [-0.39, 0.29) is 5.97 Å². The number of esters is 1. The largest absolute Gasteiger partial charge is 0.456 e. The van der Waals surface area contributed by atoms with E-state index in [2.05, 4.69) is 0 Å². The summed E-state index contributed by atoms with van der Waals surface area (Å²) in [5, 5.41) is 0. The normalized spacial score (nSPS) is 11.1. The predicted octanol–water partition coefficient (Wildman–Crippen LogP) is 5.79. The molecule has 3 rings (SSSR count). The molecular formula is C24H22O3. The number of carbonyl (C=O) groups is 2. The molecule has 0 amide bonds. The highest BCUT2D eigenvalue weighted by Gasteiger charge is 2.21. The minimum Gasteiger partial charge on any atom is -0.456 e. The molecule has 0 atom stereocenters. The number of aldehydes is 1. The third-order valence-electron chi connectivity index (χ3n) is 4.12. The Morgan fingerprint density at radius 3 is 2.15 bits per heavy atom. The number of carbonyl (C=O) groups excluding carboxylic acids is 2. The first-order valence-electron chi connectivity index (χ1n) is 8.86. The fourth-order valence-corrected chi connectivity index (χ4v) is 2.95. The average molecular weight is 358 g/mol. The van der Waals surface area contributed by atoms with Crippen LogP contribution in [0, 0.1) is 0 Å². The van der Waals surface area contributed by atoms with E-state index in [1.165, 1.54) is 0 Å². The molecule has 0 aliphatic carbocycles. The first kappa shape index (κ1) is 18.6. The van der Waals surface area contributed by atoms with Gasteiger partial charge in [0.25, 0.3) is 0 Å². The SMILES string of the molecule is CC(C)(C)OC(=O)c1ccccc1-c1ccc(-c2ccccc2)c(C=O)c1. The van der Waals surface area contributed by atoms with Gasteiger partial charge in [-0.1, -0.05) is 60.7 Å². The number of ether oxygens (including phenoxy) is 1. The molecule has 3 aromatic rings. The second-order valence-electron chi connectivity index (χ2n) is 7.33.